The molecule has 3 nitrogen and oxygen atoms in total. The maximum absolute atomic E-state index is 11.8. The quantitative estimate of drug-likeness (QED) is 0.584. The number of nitrogens with zero attached hydrogens (tertiary/aromatic N) is 2. The van der Waals surface area contributed by atoms with E-state index in [1.54, 1.807) is 0 Å². The zero-order chi connectivity index (χ0) is 12.4. The zero-order valence-electron chi connectivity index (χ0n) is 11.4. The molecule has 0 amide bonds. The fourth-order valence-electron chi connectivity index (χ4n) is 1.64. The molecule has 0 saturated heterocycles. The summed E-state index contributed by atoms with van der Waals surface area (Å²) in [6.07, 6.45) is 0. The molecule has 0 heterocycles. The number of hydrogen-bond acceptors (Lipinski definition) is 3. The second kappa shape index (κ2) is 10.2. The van der Waals surface area contributed by atoms with Crippen molar-refractivity contribution in [3.63, 3.8) is 0 Å². The lowest BCUT2D eigenvalue weighted by molar-refractivity contribution is 0.318. The van der Waals surface area contributed by atoms with Gasteiger partial charge in [-0.2, -0.15) is 0 Å². The van der Waals surface area contributed by atoms with Crippen LogP contribution >= 0.6 is 0 Å². The third-order valence-corrected chi connectivity index (χ3v) is 4.34. The minimum absolute atomic E-state index is 0.651. The molecule has 0 N–H and O–H groups in total. The Kier molecular flexibility index (Phi) is 10.3. The van der Waals surface area contributed by atoms with Gasteiger partial charge in [-0.1, -0.05) is 27.7 Å². The average Bonchev–Trinajstić information content (AvgIpc) is 2.31. The molecule has 0 saturated carbocycles. The number of rotatable bonds is 10. The van der Waals surface area contributed by atoms with Gasteiger partial charge in [0.15, 0.2) is 0 Å². The van der Waals surface area contributed by atoms with Crippen LogP contribution in [0.15, 0.2) is 0 Å². The highest BCUT2D eigenvalue weighted by atomic mass is 32.2. The Labute approximate surface area is 104 Å². The van der Waals surface area contributed by atoms with Gasteiger partial charge in [0.1, 0.15) is 0 Å². The molecule has 98 valence electrons. The summed E-state index contributed by atoms with van der Waals surface area (Å²) in [5.41, 5.74) is 0. The first-order valence-corrected chi connectivity index (χ1v) is 7.96. The van der Waals surface area contributed by atoms with Crippen LogP contribution in [-0.4, -0.2) is 64.8 Å². The van der Waals surface area contributed by atoms with E-state index < -0.39 is 10.8 Å². The fraction of sp³-hybridized carbons (Fsp3) is 1.00. The standard InChI is InChI=1S/C12H28N2OS/c1-5-13(6-2)9-11-16(15)12-10-14(7-3)8-4/h5-12H2,1-4H3. The van der Waals surface area contributed by atoms with Gasteiger partial charge in [-0.25, -0.2) is 0 Å². The van der Waals surface area contributed by atoms with Crippen molar-refractivity contribution in [2.75, 3.05) is 50.8 Å². The summed E-state index contributed by atoms with van der Waals surface area (Å²) in [6, 6.07) is 0. The summed E-state index contributed by atoms with van der Waals surface area (Å²) in [5, 5.41) is 0. The molecule has 0 atom stereocenters. The van der Waals surface area contributed by atoms with E-state index in [1.807, 2.05) is 0 Å². The van der Waals surface area contributed by atoms with E-state index in [9.17, 15) is 4.21 Å². The summed E-state index contributed by atoms with van der Waals surface area (Å²) in [4.78, 5) is 4.66. The Morgan fingerprint density at radius 2 is 1.06 bits per heavy atom. The fourth-order valence-corrected chi connectivity index (χ4v) is 2.77. The second-order valence-electron chi connectivity index (χ2n) is 3.90. The molecule has 0 rings (SSSR count). The predicted molar refractivity (Wildman–Crippen MR) is 73.5 cm³/mol. The third kappa shape index (κ3) is 7.36. The van der Waals surface area contributed by atoms with Gasteiger partial charge < -0.3 is 9.80 Å². The average molecular weight is 248 g/mol. The molecule has 16 heavy (non-hydrogen) atoms. The zero-order valence-corrected chi connectivity index (χ0v) is 12.2. The van der Waals surface area contributed by atoms with E-state index in [2.05, 4.69) is 37.5 Å². The van der Waals surface area contributed by atoms with Gasteiger partial charge in [0.05, 0.1) is 0 Å². The van der Waals surface area contributed by atoms with E-state index >= 15 is 0 Å². The largest absolute Gasteiger partial charge is 0.303 e. The third-order valence-electron chi connectivity index (χ3n) is 3.06. The minimum Gasteiger partial charge on any atom is -0.303 e. The van der Waals surface area contributed by atoms with Crippen LogP contribution in [0.5, 0.6) is 0 Å². The molecule has 0 spiro atoms. The molecule has 0 fully saturated rings. The highest BCUT2D eigenvalue weighted by molar-refractivity contribution is 7.85. The maximum atomic E-state index is 11.8. The molecule has 0 aromatic carbocycles. The first kappa shape index (κ1) is 16.1. The highest BCUT2D eigenvalue weighted by Crippen LogP contribution is 1.93. The Bertz CT molecular complexity index is 162. The normalized spacial score (nSPS) is 11.9. The van der Waals surface area contributed by atoms with Gasteiger partial charge in [0, 0.05) is 35.4 Å². The molecule has 4 heteroatoms. The Morgan fingerprint density at radius 1 is 0.750 bits per heavy atom. The highest BCUT2D eigenvalue weighted by Gasteiger charge is 2.06. The van der Waals surface area contributed by atoms with Crippen molar-refractivity contribution in [3.05, 3.63) is 0 Å². The monoisotopic (exact) mass is 248 g/mol. The van der Waals surface area contributed by atoms with Crippen molar-refractivity contribution in [1.82, 2.24) is 9.80 Å². The summed E-state index contributed by atoms with van der Waals surface area (Å²) in [5.74, 6) is 1.64. The molecule has 0 aromatic heterocycles. The Morgan fingerprint density at radius 3 is 1.31 bits per heavy atom. The van der Waals surface area contributed by atoms with E-state index in [0.717, 1.165) is 50.8 Å². The van der Waals surface area contributed by atoms with Crippen LogP contribution in [0.4, 0.5) is 0 Å². The number of hydrogen-bond donors (Lipinski definition) is 0. The van der Waals surface area contributed by atoms with Crippen LogP contribution in [-0.2, 0) is 10.8 Å². The first-order valence-electron chi connectivity index (χ1n) is 6.47. The van der Waals surface area contributed by atoms with Gasteiger partial charge in [-0.05, 0) is 26.2 Å². The predicted octanol–water partition coefficient (Wildman–Crippen LogP) is 1.42. The molecule has 0 aliphatic carbocycles. The molecule has 0 aliphatic heterocycles. The van der Waals surface area contributed by atoms with Crippen LogP contribution in [0.2, 0.25) is 0 Å². The van der Waals surface area contributed by atoms with E-state index in [-0.39, 0.29) is 0 Å². The van der Waals surface area contributed by atoms with Crippen molar-refractivity contribution in [3.8, 4) is 0 Å². The smallest absolute Gasteiger partial charge is 0.0363 e. The summed E-state index contributed by atoms with van der Waals surface area (Å²) in [6.45, 7) is 14.8. The van der Waals surface area contributed by atoms with E-state index in [4.69, 9.17) is 0 Å². The van der Waals surface area contributed by atoms with Crippen molar-refractivity contribution in [2.24, 2.45) is 0 Å². The van der Waals surface area contributed by atoms with Crippen molar-refractivity contribution >= 4 is 10.8 Å². The lowest BCUT2D eigenvalue weighted by Gasteiger charge is -2.19. The van der Waals surface area contributed by atoms with Crippen molar-refractivity contribution in [1.29, 1.82) is 0 Å². The molecule has 0 aromatic rings. The molecule has 0 bridgehead atoms. The van der Waals surface area contributed by atoms with E-state index in [1.165, 1.54) is 0 Å². The van der Waals surface area contributed by atoms with Crippen molar-refractivity contribution < 1.29 is 4.21 Å². The summed E-state index contributed by atoms with van der Waals surface area (Å²) < 4.78 is 11.8. The topological polar surface area (TPSA) is 23.6 Å². The first-order chi connectivity index (χ1) is 7.67. The van der Waals surface area contributed by atoms with Crippen LogP contribution in [0, 0.1) is 0 Å². The molecular formula is C12H28N2OS. The molecular weight excluding hydrogens is 220 g/mol. The van der Waals surface area contributed by atoms with Gasteiger partial charge in [0.25, 0.3) is 0 Å². The summed E-state index contributed by atoms with van der Waals surface area (Å²) in [7, 11) is -0.651. The lowest BCUT2D eigenvalue weighted by Crippen LogP contribution is -2.31. The second-order valence-corrected chi connectivity index (χ2v) is 5.60. The van der Waals surface area contributed by atoms with Crippen LogP contribution in [0.1, 0.15) is 27.7 Å². The van der Waals surface area contributed by atoms with Gasteiger partial charge in [0.2, 0.25) is 0 Å². The SMILES string of the molecule is CCN(CC)CCS(=O)CCN(CC)CC. The van der Waals surface area contributed by atoms with E-state index in [0.29, 0.717) is 0 Å². The minimum atomic E-state index is -0.651. The lowest BCUT2D eigenvalue weighted by atomic mass is 10.5. The molecule has 0 radical (unpaired) electrons. The van der Waals surface area contributed by atoms with Crippen LogP contribution in [0.25, 0.3) is 0 Å². The van der Waals surface area contributed by atoms with Gasteiger partial charge in [-0.15, -0.1) is 0 Å². The van der Waals surface area contributed by atoms with Crippen LogP contribution in [0.3, 0.4) is 0 Å². The Hall–Kier alpha value is 0.0700. The maximum Gasteiger partial charge on any atom is 0.0363 e. The van der Waals surface area contributed by atoms with Gasteiger partial charge >= 0.3 is 0 Å². The van der Waals surface area contributed by atoms with Crippen molar-refractivity contribution in [2.45, 2.75) is 27.7 Å². The summed E-state index contributed by atoms with van der Waals surface area (Å²) >= 11 is 0. The van der Waals surface area contributed by atoms with Gasteiger partial charge in [-0.3, -0.25) is 4.21 Å². The van der Waals surface area contributed by atoms with Crippen LogP contribution < -0.4 is 0 Å². The Balaban J connectivity index is 3.65. The molecule has 0 aliphatic rings. The molecule has 0 unspecified atom stereocenters.